The number of hydrazine groups is 1. The van der Waals surface area contributed by atoms with Gasteiger partial charge < -0.3 is 14.8 Å². The van der Waals surface area contributed by atoms with E-state index in [2.05, 4.69) is 42.1 Å². The fourth-order valence-corrected chi connectivity index (χ4v) is 2.84. The molecule has 0 bridgehead atoms. The van der Waals surface area contributed by atoms with Crippen molar-refractivity contribution in [3.05, 3.63) is 23.8 Å². The molecule has 110 valence electrons. The molecular formula is C15H23N3O2. The van der Waals surface area contributed by atoms with Gasteiger partial charge >= 0.3 is 0 Å². The highest BCUT2D eigenvalue weighted by Gasteiger charge is 2.28. The molecular weight excluding hydrogens is 254 g/mol. The quantitative estimate of drug-likeness (QED) is 0.768. The van der Waals surface area contributed by atoms with Crippen molar-refractivity contribution in [3.63, 3.8) is 0 Å². The molecule has 0 amide bonds. The van der Waals surface area contributed by atoms with E-state index in [4.69, 9.17) is 9.47 Å². The number of hydrogen-bond acceptors (Lipinski definition) is 5. The molecule has 0 radical (unpaired) electrons. The first-order valence-corrected chi connectivity index (χ1v) is 7.34. The third kappa shape index (κ3) is 2.90. The van der Waals surface area contributed by atoms with Gasteiger partial charge in [-0.05, 0) is 31.5 Å². The van der Waals surface area contributed by atoms with Crippen molar-refractivity contribution in [3.8, 4) is 11.5 Å². The van der Waals surface area contributed by atoms with Gasteiger partial charge in [-0.1, -0.05) is 6.07 Å². The zero-order valence-corrected chi connectivity index (χ0v) is 12.1. The maximum Gasteiger partial charge on any atom is 0.161 e. The SMILES string of the molecule is CC1NNC(C)C1CNCc1ccc2c(c1)OCCO2. The molecule has 5 nitrogen and oxygen atoms in total. The van der Waals surface area contributed by atoms with Gasteiger partial charge in [0, 0.05) is 31.1 Å². The summed E-state index contributed by atoms with van der Waals surface area (Å²) in [6.07, 6.45) is 0. The summed E-state index contributed by atoms with van der Waals surface area (Å²) in [5.74, 6) is 2.32. The van der Waals surface area contributed by atoms with Crippen LogP contribution in [0.5, 0.6) is 11.5 Å². The van der Waals surface area contributed by atoms with Crippen LogP contribution in [0.4, 0.5) is 0 Å². The predicted octanol–water partition coefficient (Wildman–Crippen LogP) is 1.05. The Balaban J connectivity index is 1.53. The minimum Gasteiger partial charge on any atom is -0.486 e. The van der Waals surface area contributed by atoms with Crippen LogP contribution in [0.15, 0.2) is 18.2 Å². The van der Waals surface area contributed by atoms with Crippen LogP contribution in [0, 0.1) is 5.92 Å². The first-order chi connectivity index (χ1) is 9.74. The molecule has 2 aliphatic heterocycles. The minimum atomic E-state index is 0.498. The van der Waals surface area contributed by atoms with Gasteiger partial charge in [-0.25, -0.2) is 0 Å². The van der Waals surface area contributed by atoms with Crippen LogP contribution in [0.3, 0.4) is 0 Å². The molecule has 1 aromatic carbocycles. The molecule has 1 fully saturated rings. The van der Waals surface area contributed by atoms with Gasteiger partial charge in [0.05, 0.1) is 0 Å². The molecule has 3 rings (SSSR count). The average molecular weight is 277 g/mol. The Bertz CT molecular complexity index is 456. The average Bonchev–Trinajstić information content (AvgIpc) is 2.79. The second-order valence-corrected chi connectivity index (χ2v) is 5.64. The number of benzene rings is 1. The molecule has 0 saturated carbocycles. The molecule has 20 heavy (non-hydrogen) atoms. The fourth-order valence-electron chi connectivity index (χ4n) is 2.84. The molecule has 5 heteroatoms. The molecule has 0 spiro atoms. The third-order valence-electron chi connectivity index (χ3n) is 4.14. The topological polar surface area (TPSA) is 54.5 Å². The van der Waals surface area contributed by atoms with E-state index < -0.39 is 0 Å². The molecule has 2 unspecified atom stereocenters. The van der Waals surface area contributed by atoms with Gasteiger partial charge in [-0.3, -0.25) is 10.9 Å². The fraction of sp³-hybridized carbons (Fsp3) is 0.600. The number of hydrogen-bond donors (Lipinski definition) is 3. The van der Waals surface area contributed by atoms with Crippen LogP contribution in [-0.2, 0) is 6.54 Å². The van der Waals surface area contributed by atoms with Crippen molar-refractivity contribution in [2.75, 3.05) is 19.8 Å². The molecule has 2 atom stereocenters. The summed E-state index contributed by atoms with van der Waals surface area (Å²) in [5.41, 5.74) is 7.79. The lowest BCUT2D eigenvalue weighted by atomic mass is 9.97. The molecule has 0 aliphatic carbocycles. The zero-order valence-electron chi connectivity index (χ0n) is 12.1. The Kier molecular flexibility index (Phi) is 4.10. The van der Waals surface area contributed by atoms with E-state index >= 15 is 0 Å². The van der Waals surface area contributed by atoms with Crippen molar-refractivity contribution >= 4 is 0 Å². The number of ether oxygens (including phenoxy) is 2. The van der Waals surface area contributed by atoms with E-state index in [0.29, 0.717) is 31.2 Å². The summed E-state index contributed by atoms with van der Waals surface area (Å²) in [6, 6.07) is 7.16. The van der Waals surface area contributed by atoms with E-state index in [1.807, 2.05) is 6.07 Å². The van der Waals surface area contributed by atoms with E-state index in [0.717, 1.165) is 24.6 Å². The van der Waals surface area contributed by atoms with Gasteiger partial charge in [0.25, 0.3) is 0 Å². The van der Waals surface area contributed by atoms with Crippen molar-refractivity contribution in [2.24, 2.45) is 5.92 Å². The lowest BCUT2D eigenvalue weighted by molar-refractivity contribution is 0.171. The van der Waals surface area contributed by atoms with Crippen LogP contribution < -0.4 is 25.6 Å². The highest BCUT2D eigenvalue weighted by atomic mass is 16.6. The van der Waals surface area contributed by atoms with Crippen LogP contribution >= 0.6 is 0 Å². The van der Waals surface area contributed by atoms with Gasteiger partial charge in [-0.2, -0.15) is 0 Å². The molecule has 2 heterocycles. The Labute approximate surface area is 120 Å². The second kappa shape index (κ2) is 5.99. The van der Waals surface area contributed by atoms with Crippen molar-refractivity contribution < 1.29 is 9.47 Å². The highest BCUT2D eigenvalue weighted by Crippen LogP contribution is 2.30. The number of nitrogens with one attached hydrogen (secondary N) is 3. The smallest absolute Gasteiger partial charge is 0.161 e. The van der Waals surface area contributed by atoms with E-state index in [1.165, 1.54) is 5.56 Å². The Hall–Kier alpha value is -1.30. The standard InChI is InChI=1S/C15H23N3O2/c1-10-13(11(2)18-17-10)9-16-8-12-3-4-14-15(7-12)20-6-5-19-14/h3-4,7,10-11,13,16-18H,5-6,8-9H2,1-2H3. The predicted molar refractivity (Wildman–Crippen MR) is 77.8 cm³/mol. The lowest BCUT2D eigenvalue weighted by Crippen LogP contribution is -2.33. The Morgan fingerprint density at radius 1 is 1.10 bits per heavy atom. The highest BCUT2D eigenvalue weighted by molar-refractivity contribution is 5.43. The normalized spacial score (nSPS) is 28.6. The Morgan fingerprint density at radius 2 is 1.80 bits per heavy atom. The van der Waals surface area contributed by atoms with Crippen molar-refractivity contribution in [1.29, 1.82) is 0 Å². The van der Waals surface area contributed by atoms with Crippen LogP contribution in [0.2, 0.25) is 0 Å². The monoisotopic (exact) mass is 277 g/mol. The Morgan fingerprint density at radius 3 is 2.55 bits per heavy atom. The first-order valence-electron chi connectivity index (χ1n) is 7.34. The van der Waals surface area contributed by atoms with Crippen molar-refractivity contribution in [2.45, 2.75) is 32.5 Å². The molecule has 1 aromatic rings. The maximum atomic E-state index is 5.61. The summed E-state index contributed by atoms with van der Waals surface area (Å²) in [7, 11) is 0. The molecule has 1 saturated heterocycles. The summed E-state index contributed by atoms with van der Waals surface area (Å²) in [4.78, 5) is 0. The summed E-state index contributed by atoms with van der Waals surface area (Å²) in [5, 5.41) is 3.53. The van der Waals surface area contributed by atoms with Gasteiger partial charge in [0.15, 0.2) is 11.5 Å². The number of rotatable bonds is 4. The molecule has 2 aliphatic rings. The van der Waals surface area contributed by atoms with E-state index in [1.54, 1.807) is 0 Å². The van der Waals surface area contributed by atoms with Crippen molar-refractivity contribution in [1.82, 2.24) is 16.2 Å². The first kappa shape index (κ1) is 13.7. The van der Waals surface area contributed by atoms with E-state index in [9.17, 15) is 0 Å². The molecule has 0 aromatic heterocycles. The maximum absolute atomic E-state index is 5.61. The minimum absolute atomic E-state index is 0.498. The largest absolute Gasteiger partial charge is 0.486 e. The third-order valence-corrected chi connectivity index (χ3v) is 4.14. The zero-order chi connectivity index (χ0) is 13.9. The van der Waals surface area contributed by atoms with Crippen LogP contribution in [0.1, 0.15) is 19.4 Å². The summed E-state index contributed by atoms with van der Waals surface area (Å²) < 4.78 is 11.1. The second-order valence-electron chi connectivity index (χ2n) is 5.64. The summed E-state index contributed by atoms with van der Waals surface area (Å²) in [6.45, 7) is 7.56. The number of fused-ring (bicyclic) bond motifs is 1. The lowest BCUT2D eigenvalue weighted by Gasteiger charge is -2.20. The van der Waals surface area contributed by atoms with Gasteiger partial charge in [0.1, 0.15) is 13.2 Å². The van der Waals surface area contributed by atoms with Gasteiger partial charge in [-0.15, -0.1) is 0 Å². The molecule has 3 N–H and O–H groups in total. The van der Waals surface area contributed by atoms with E-state index in [-0.39, 0.29) is 0 Å². The van der Waals surface area contributed by atoms with Gasteiger partial charge in [0.2, 0.25) is 0 Å². The van der Waals surface area contributed by atoms with Crippen LogP contribution in [-0.4, -0.2) is 31.8 Å². The summed E-state index contributed by atoms with van der Waals surface area (Å²) >= 11 is 0. The van der Waals surface area contributed by atoms with Crippen LogP contribution in [0.25, 0.3) is 0 Å².